The Bertz CT molecular complexity index is 855. The second-order valence-electron chi connectivity index (χ2n) is 8.75. The van der Waals surface area contributed by atoms with Crippen LogP contribution in [-0.4, -0.2) is 64.9 Å². The van der Waals surface area contributed by atoms with Crippen molar-refractivity contribution in [2.45, 2.75) is 45.6 Å². The second kappa shape index (κ2) is 9.13. The number of aryl methyl sites for hydroxylation is 1. The highest BCUT2D eigenvalue weighted by Crippen LogP contribution is 2.27. The number of hydrogen-bond donors (Lipinski definition) is 0. The van der Waals surface area contributed by atoms with Crippen LogP contribution in [0.5, 0.6) is 0 Å². The van der Waals surface area contributed by atoms with Gasteiger partial charge in [0.05, 0.1) is 0 Å². The van der Waals surface area contributed by atoms with E-state index in [9.17, 15) is 4.79 Å². The molecule has 6 heteroatoms. The molecule has 1 aromatic heterocycles. The summed E-state index contributed by atoms with van der Waals surface area (Å²) in [4.78, 5) is 29.5. The van der Waals surface area contributed by atoms with Gasteiger partial charge in [0.15, 0.2) is 0 Å². The Morgan fingerprint density at radius 2 is 1.60 bits per heavy atom. The van der Waals surface area contributed by atoms with Gasteiger partial charge in [-0.3, -0.25) is 9.69 Å². The van der Waals surface area contributed by atoms with Crippen LogP contribution in [0.2, 0.25) is 0 Å². The van der Waals surface area contributed by atoms with E-state index in [0.29, 0.717) is 5.92 Å². The Kier molecular flexibility index (Phi) is 6.32. The number of likely N-dealkylation sites (tertiary alicyclic amines) is 1. The third-order valence-corrected chi connectivity index (χ3v) is 6.14. The van der Waals surface area contributed by atoms with E-state index < -0.39 is 0 Å². The molecule has 160 valence electrons. The van der Waals surface area contributed by atoms with Crippen LogP contribution in [0.3, 0.4) is 0 Å². The summed E-state index contributed by atoms with van der Waals surface area (Å²) >= 11 is 0. The first-order valence-corrected chi connectivity index (χ1v) is 11.2. The number of carbonyl (C=O) groups is 1. The highest BCUT2D eigenvalue weighted by Gasteiger charge is 2.34. The lowest BCUT2D eigenvalue weighted by Crippen LogP contribution is -2.51. The fourth-order valence-electron chi connectivity index (χ4n) is 4.46. The fourth-order valence-corrected chi connectivity index (χ4v) is 4.46. The van der Waals surface area contributed by atoms with Crippen LogP contribution < -0.4 is 4.90 Å². The maximum absolute atomic E-state index is 13.4. The first-order valence-electron chi connectivity index (χ1n) is 11.2. The summed E-state index contributed by atoms with van der Waals surface area (Å²) in [5.74, 6) is 2.48. The topological polar surface area (TPSA) is 52.6 Å². The molecule has 1 aromatic carbocycles. The van der Waals surface area contributed by atoms with Crippen molar-refractivity contribution in [1.29, 1.82) is 0 Å². The smallest absolute Gasteiger partial charge is 0.244 e. The molecule has 6 nitrogen and oxygen atoms in total. The predicted octanol–water partition coefficient (Wildman–Crippen LogP) is 3.39. The van der Waals surface area contributed by atoms with E-state index in [1.165, 1.54) is 0 Å². The number of nitrogens with zero attached hydrogens (tertiary/aromatic N) is 5. The van der Waals surface area contributed by atoms with Crippen LogP contribution in [0.4, 0.5) is 5.82 Å². The monoisotopic (exact) mass is 407 g/mol. The number of hydrogen-bond acceptors (Lipinski definition) is 5. The molecule has 0 spiro atoms. The molecule has 2 saturated heterocycles. The van der Waals surface area contributed by atoms with Crippen LogP contribution in [0, 0.1) is 6.92 Å². The van der Waals surface area contributed by atoms with Crippen molar-refractivity contribution >= 4 is 11.7 Å². The van der Waals surface area contributed by atoms with Gasteiger partial charge in [-0.25, -0.2) is 9.97 Å². The molecule has 0 radical (unpaired) electrons. The summed E-state index contributed by atoms with van der Waals surface area (Å²) in [6.07, 6.45) is 2.23. The zero-order valence-electron chi connectivity index (χ0n) is 18.4. The standard InChI is InChI=1S/C24H33N5O/c1-18(2)23-25-19(3)17-21(26-23)27-13-15-28(16-14-27)22(20-9-5-4-6-10-20)24(30)29-11-7-8-12-29/h4-6,9-10,17-18,22H,7-8,11-16H2,1-3H3/t22-/m1/s1. The van der Waals surface area contributed by atoms with E-state index in [1.54, 1.807) is 0 Å². The fraction of sp³-hybridized carbons (Fsp3) is 0.542. The molecular formula is C24H33N5O. The number of aromatic nitrogens is 2. The first-order chi connectivity index (χ1) is 14.5. The molecule has 0 unspecified atom stereocenters. The predicted molar refractivity (Wildman–Crippen MR) is 120 cm³/mol. The summed E-state index contributed by atoms with van der Waals surface area (Å²) in [5, 5.41) is 0. The van der Waals surface area contributed by atoms with Crippen LogP contribution in [0.25, 0.3) is 0 Å². The van der Waals surface area contributed by atoms with Crippen molar-refractivity contribution in [1.82, 2.24) is 19.8 Å². The van der Waals surface area contributed by atoms with Gasteiger partial charge in [0.2, 0.25) is 5.91 Å². The van der Waals surface area contributed by atoms with Gasteiger partial charge >= 0.3 is 0 Å². The summed E-state index contributed by atoms with van der Waals surface area (Å²) in [6, 6.07) is 12.2. The van der Waals surface area contributed by atoms with Gasteiger partial charge in [0.1, 0.15) is 17.7 Å². The number of anilines is 1. The summed E-state index contributed by atoms with van der Waals surface area (Å²) in [7, 11) is 0. The van der Waals surface area contributed by atoms with Crippen molar-refractivity contribution in [3.63, 3.8) is 0 Å². The van der Waals surface area contributed by atoms with E-state index in [1.807, 2.05) is 30.0 Å². The molecule has 1 atom stereocenters. The molecule has 3 heterocycles. The number of benzene rings is 1. The lowest BCUT2D eigenvalue weighted by atomic mass is 10.0. The van der Waals surface area contributed by atoms with Gasteiger partial charge in [-0.15, -0.1) is 0 Å². The highest BCUT2D eigenvalue weighted by atomic mass is 16.2. The lowest BCUT2D eigenvalue weighted by Gasteiger charge is -2.40. The average Bonchev–Trinajstić information content (AvgIpc) is 3.30. The number of amides is 1. The molecule has 2 aliphatic rings. The van der Waals surface area contributed by atoms with E-state index >= 15 is 0 Å². The van der Waals surface area contributed by atoms with Gasteiger partial charge in [-0.1, -0.05) is 44.2 Å². The zero-order valence-corrected chi connectivity index (χ0v) is 18.4. The normalized spacial score (nSPS) is 18.8. The van der Waals surface area contributed by atoms with E-state index in [0.717, 1.165) is 75.0 Å². The maximum Gasteiger partial charge on any atom is 0.244 e. The summed E-state index contributed by atoms with van der Waals surface area (Å²) < 4.78 is 0. The third kappa shape index (κ3) is 4.48. The average molecular weight is 408 g/mol. The van der Waals surface area contributed by atoms with E-state index in [4.69, 9.17) is 4.98 Å². The minimum absolute atomic E-state index is 0.190. The summed E-state index contributed by atoms with van der Waals surface area (Å²) in [5.41, 5.74) is 2.11. The zero-order chi connectivity index (χ0) is 21.1. The molecule has 2 aromatic rings. The SMILES string of the molecule is Cc1cc(N2CCN([C@@H](C(=O)N3CCCC3)c3ccccc3)CC2)nc(C(C)C)n1. The van der Waals surface area contributed by atoms with Crippen LogP contribution in [0.1, 0.15) is 55.7 Å². The molecule has 2 aliphatic heterocycles. The largest absolute Gasteiger partial charge is 0.354 e. The molecule has 0 saturated carbocycles. The third-order valence-electron chi connectivity index (χ3n) is 6.14. The molecule has 30 heavy (non-hydrogen) atoms. The minimum Gasteiger partial charge on any atom is -0.354 e. The van der Waals surface area contributed by atoms with Gasteiger partial charge in [0, 0.05) is 56.9 Å². The Morgan fingerprint density at radius 1 is 0.933 bits per heavy atom. The van der Waals surface area contributed by atoms with Gasteiger partial charge in [-0.05, 0) is 25.3 Å². The number of carbonyl (C=O) groups excluding carboxylic acids is 1. The quantitative estimate of drug-likeness (QED) is 0.760. The summed E-state index contributed by atoms with van der Waals surface area (Å²) in [6.45, 7) is 11.5. The molecule has 4 rings (SSSR count). The lowest BCUT2D eigenvalue weighted by molar-refractivity contribution is -0.136. The van der Waals surface area contributed by atoms with Crippen molar-refractivity contribution in [2.24, 2.45) is 0 Å². The highest BCUT2D eigenvalue weighted by molar-refractivity contribution is 5.83. The number of piperazine rings is 1. The first kappa shape index (κ1) is 20.8. The Morgan fingerprint density at radius 3 is 2.23 bits per heavy atom. The molecule has 0 N–H and O–H groups in total. The van der Waals surface area contributed by atoms with Crippen molar-refractivity contribution < 1.29 is 4.79 Å². The van der Waals surface area contributed by atoms with Crippen molar-refractivity contribution in [2.75, 3.05) is 44.2 Å². The van der Waals surface area contributed by atoms with E-state index in [2.05, 4.69) is 46.8 Å². The van der Waals surface area contributed by atoms with Crippen molar-refractivity contribution in [3.8, 4) is 0 Å². The van der Waals surface area contributed by atoms with Gasteiger partial charge < -0.3 is 9.80 Å². The van der Waals surface area contributed by atoms with Crippen LogP contribution in [0.15, 0.2) is 36.4 Å². The molecule has 0 bridgehead atoms. The second-order valence-corrected chi connectivity index (χ2v) is 8.75. The van der Waals surface area contributed by atoms with E-state index in [-0.39, 0.29) is 11.9 Å². The molecular weight excluding hydrogens is 374 g/mol. The van der Waals surface area contributed by atoms with Crippen molar-refractivity contribution in [3.05, 3.63) is 53.5 Å². The molecule has 0 aliphatic carbocycles. The van der Waals surface area contributed by atoms with Crippen LogP contribution in [-0.2, 0) is 4.79 Å². The minimum atomic E-state index is -0.190. The van der Waals surface area contributed by atoms with Gasteiger partial charge in [0.25, 0.3) is 0 Å². The molecule has 2 fully saturated rings. The Labute approximate surface area is 179 Å². The Hall–Kier alpha value is -2.47. The maximum atomic E-state index is 13.4. The van der Waals surface area contributed by atoms with Crippen LogP contribution >= 0.6 is 0 Å². The Balaban J connectivity index is 1.51. The molecule has 1 amide bonds. The van der Waals surface area contributed by atoms with Gasteiger partial charge in [-0.2, -0.15) is 0 Å². The number of rotatable bonds is 5.